The fourth-order valence-electron chi connectivity index (χ4n) is 3.97. The normalized spacial score (nSPS) is 20.8. The second kappa shape index (κ2) is 9.67. The highest BCUT2D eigenvalue weighted by atomic mass is 79.9. The van der Waals surface area contributed by atoms with E-state index in [2.05, 4.69) is 40.2 Å². The van der Waals surface area contributed by atoms with Crippen molar-refractivity contribution < 1.29 is 14.6 Å². The first kappa shape index (κ1) is 20.9. The summed E-state index contributed by atoms with van der Waals surface area (Å²) in [5.74, 6) is 1.16. The molecular formula is C23H26BrNO3S. The number of nitrogens with zero attached hydrogens (tertiary/aromatic N) is 1. The highest BCUT2D eigenvalue weighted by Crippen LogP contribution is 2.40. The molecule has 29 heavy (non-hydrogen) atoms. The van der Waals surface area contributed by atoms with Gasteiger partial charge in [-0.25, -0.2) is 4.98 Å². The molecule has 1 fully saturated rings. The lowest BCUT2D eigenvalue weighted by Gasteiger charge is -2.27. The van der Waals surface area contributed by atoms with Gasteiger partial charge in [-0.15, -0.1) is 11.3 Å². The number of fused-ring (bicyclic) bond motifs is 1. The highest BCUT2D eigenvalue weighted by Gasteiger charge is 2.25. The van der Waals surface area contributed by atoms with Crippen LogP contribution >= 0.6 is 27.3 Å². The van der Waals surface area contributed by atoms with Gasteiger partial charge in [0.25, 0.3) is 0 Å². The molecule has 154 valence electrons. The zero-order valence-electron chi connectivity index (χ0n) is 16.5. The van der Waals surface area contributed by atoms with Crippen LogP contribution in [0, 0.1) is 5.92 Å². The molecule has 0 spiro atoms. The minimum atomic E-state index is -0.940. The first-order valence-electron chi connectivity index (χ1n) is 10.1. The van der Waals surface area contributed by atoms with Crippen LogP contribution in [0.4, 0.5) is 0 Å². The number of rotatable bonds is 7. The Labute approximate surface area is 184 Å². The van der Waals surface area contributed by atoms with E-state index >= 15 is 0 Å². The number of ether oxygens (including phenoxy) is 2. The second-order valence-corrected chi connectivity index (χ2v) is 9.62. The van der Waals surface area contributed by atoms with E-state index in [0.29, 0.717) is 18.4 Å². The Morgan fingerprint density at radius 3 is 2.66 bits per heavy atom. The molecule has 1 atom stereocenters. The van der Waals surface area contributed by atoms with E-state index in [0.717, 1.165) is 39.7 Å². The van der Waals surface area contributed by atoms with Crippen molar-refractivity contribution in [3.05, 3.63) is 63.1 Å². The summed E-state index contributed by atoms with van der Waals surface area (Å²) in [5, 5.41) is 11.2. The zero-order valence-corrected chi connectivity index (χ0v) is 18.9. The highest BCUT2D eigenvalue weighted by molar-refractivity contribution is 9.10. The molecule has 1 N–H and O–H groups in total. The summed E-state index contributed by atoms with van der Waals surface area (Å²) in [6, 6.07) is 14.3. The summed E-state index contributed by atoms with van der Waals surface area (Å²) in [5.41, 5.74) is 2.89. The molecular weight excluding hydrogens is 450 g/mol. The van der Waals surface area contributed by atoms with Crippen molar-refractivity contribution in [3.8, 4) is 0 Å². The molecule has 4 rings (SSSR count). The maximum absolute atomic E-state index is 10.0. The Morgan fingerprint density at radius 2 is 1.93 bits per heavy atom. The predicted molar refractivity (Wildman–Crippen MR) is 120 cm³/mol. The standard InChI is InChI=1S/C23H26BrNO3S/c1-27-23(26)18-11-20-21(12-19(18)24)29-22(25-20)17-9-7-16(8-10-17)14-28-13-15-5-3-2-4-6-15/h2-6,11-12,16-17,23,26H,7-10,13-14H2,1H3. The number of aliphatic hydroxyl groups excluding tert-OH is 1. The summed E-state index contributed by atoms with van der Waals surface area (Å²) in [6.45, 7) is 1.54. The zero-order chi connectivity index (χ0) is 20.2. The number of aromatic nitrogens is 1. The Kier molecular flexibility index (Phi) is 6.98. The first-order valence-corrected chi connectivity index (χ1v) is 11.7. The Hall–Kier alpha value is -1.31. The molecule has 1 aliphatic rings. The van der Waals surface area contributed by atoms with E-state index < -0.39 is 6.29 Å². The third kappa shape index (κ3) is 5.06. The van der Waals surface area contributed by atoms with Crippen molar-refractivity contribution >= 4 is 37.5 Å². The molecule has 1 unspecified atom stereocenters. The van der Waals surface area contributed by atoms with Crippen LogP contribution in [-0.2, 0) is 16.1 Å². The van der Waals surface area contributed by atoms with Crippen molar-refractivity contribution in [2.45, 2.75) is 44.5 Å². The van der Waals surface area contributed by atoms with Crippen LogP contribution < -0.4 is 0 Å². The van der Waals surface area contributed by atoms with Gasteiger partial charge >= 0.3 is 0 Å². The predicted octanol–water partition coefficient (Wildman–Crippen LogP) is 6.19. The van der Waals surface area contributed by atoms with Gasteiger partial charge in [-0.3, -0.25) is 0 Å². The molecule has 0 saturated heterocycles. The number of hydrogen-bond acceptors (Lipinski definition) is 5. The average Bonchev–Trinajstić information content (AvgIpc) is 3.16. The van der Waals surface area contributed by atoms with Crippen molar-refractivity contribution in [1.82, 2.24) is 4.98 Å². The smallest absolute Gasteiger partial charge is 0.182 e. The summed E-state index contributed by atoms with van der Waals surface area (Å²) in [6.07, 6.45) is 3.76. The van der Waals surface area contributed by atoms with Gasteiger partial charge in [0.15, 0.2) is 6.29 Å². The number of thiazole rings is 1. The van der Waals surface area contributed by atoms with Gasteiger partial charge in [-0.2, -0.15) is 0 Å². The van der Waals surface area contributed by atoms with Gasteiger partial charge in [0.1, 0.15) is 0 Å². The van der Waals surface area contributed by atoms with Crippen molar-refractivity contribution in [2.75, 3.05) is 13.7 Å². The van der Waals surface area contributed by atoms with Crippen LogP contribution in [0.15, 0.2) is 46.9 Å². The van der Waals surface area contributed by atoms with Gasteiger partial charge in [0.2, 0.25) is 0 Å². The third-order valence-corrected chi connectivity index (χ3v) is 7.54. The molecule has 3 aromatic rings. The largest absolute Gasteiger partial charge is 0.376 e. The quantitative estimate of drug-likeness (QED) is 0.414. The van der Waals surface area contributed by atoms with Crippen molar-refractivity contribution in [1.29, 1.82) is 0 Å². The third-order valence-electron chi connectivity index (χ3n) is 5.67. The minimum Gasteiger partial charge on any atom is -0.376 e. The topological polar surface area (TPSA) is 51.6 Å². The van der Waals surface area contributed by atoms with E-state index in [9.17, 15) is 5.11 Å². The fraction of sp³-hybridized carbons (Fsp3) is 0.435. The van der Waals surface area contributed by atoms with E-state index in [1.807, 2.05) is 18.2 Å². The lowest BCUT2D eigenvalue weighted by atomic mass is 9.83. The minimum absolute atomic E-state index is 0.521. The Morgan fingerprint density at radius 1 is 1.17 bits per heavy atom. The maximum Gasteiger partial charge on any atom is 0.182 e. The van der Waals surface area contributed by atoms with Crippen molar-refractivity contribution in [3.63, 3.8) is 0 Å². The Bertz CT molecular complexity index is 938. The molecule has 0 aliphatic heterocycles. The molecule has 1 heterocycles. The SMILES string of the molecule is COC(O)c1cc2nc(C3CCC(COCc4ccccc4)CC3)sc2cc1Br. The van der Waals surface area contributed by atoms with Gasteiger partial charge in [0, 0.05) is 29.7 Å². The molecule has 1 aromatic heterocycles. The van der Waals surface area contributed by atoms with E-state index in [-0.39, 0.29) is 0 Å². The lowest BCUT2D eigenvalue weighted by molar-refractivity contribution is -0.0773. The van der Waals surface area contributed by atoms with Crippen LogP contribution in [-0.4, -0.2) is 23.8 Å². The summed E-state index contributed by atoms with van der Waals surface area (Å²) >= 11 is 5.31. The monoisotopic (exact) mass is 475 g/mol. The molecule has 4 nitrogen and oxygen atoms in total. The number of aliphatic hydroxyl groups is 1. The maximum atomic E-state index is 10.0. The number of benzene rings is 2. The molecule has 0 radical (unpaired) electrons. The molecule has 0 amide bonds. The van der Waals surface area contributed by atoms with Crippen LogP contribution in [0.25, 0.3) is 10.2 Å². The summed E-state index contributed by atoms with van der Waals surface area (Å²) in [4.78, 5) is 4.88. The number of methoxy groups -OCH3 is 1. The second-order valence-electron chi connectivity index (χ2n) is 7.70. The van der Waals surface area contributed by atoms with E-state index in [4.69, 9.17) is 14.5 Å². The lowest BCUT2D eigenvalue weighted by Crippen LogP contribution is -2.17. The molecule has 0 bridgehead atoms. The van der Waals surface area contributed by atoms with E-state index in [1.54, 1.807) is 11.3 Å². The number of halogens is 1. The summed E-state index contributed by atoms with van der Waals surface area (Å²) in [7, 11) is 1.50. The van der Waals surface area contributed by atoms with Gasteiger partial charge in [-0.05, 0) is 49.3 Å². The average molecular weight is 476 g/mol. The first-order chi connectivity index (χ1) is 14.1. The van der Waals surface area contributed by atoms with E-state index in [1.165, 1.54) is 30.5 Å². The fourth-order valence-corrected chi connectivity index (χ4v) is 5.82. The molecule has 1 saturated carbocycles. The van der Waals surface area contributed by atoms with Crippen LogP contribution in [0.1, 0.15) is 54.0 Å². The van der Waals surface area contributed by atoms with Crippen LogP contribution in [0.5, 0.6) is 0 Å². The Balaban J connectivity index is 1.34. The molecule has 2 aromatic carbocycles. The van der Waals surface area contributed by atoms with Crippen LogP contribution in [0.3, 0.4) is 0 Å². The summed E-state index contributed by atoms with van der Waals surface area (Å²) < 4.78 is 13.0. The number of hydrogen-bond donors (Lipinski definition) is 1. The molecule has 1 aliphatic carbocycles. The molecule has 6 heteroatoms. The van der Waals surface area contributed by atoms with Crippen molar-refractivity contribution in [2.24, 2.45) is 5.92 Å². The van der Waals surface area contributed by atoms with Gasteiger partial charge in [0.05, 0.1) is 21.8 Å². The van der Waals surface area contributed by atoms with Gasteiger partial charge < -0.3 is 14.6 Å². The van der Waals surface area contributed by atoms with Crippen LogP contribution in [0.2, 0.25) is 0 Å². The van der Waals surface area contributed by atoms with Gasteiger partial charge in [-0.1, -0.05) is 46.3 Å².